The number of rotatable bonds is 5. The highest BCUT2D eigenvalue weighted by Crippen LogP contribution is 2.17. The maximum absolute atomic E-state index is 10.9. The lowest BCUT2D eigenvalue weighted by Crippen LogP contribution is -2.09. The number of amides is 1. The fraction of sp³-hybridized carbons (Fsp3) is 0.0769. The van der Waals surface area contributed by atoms with Gasteiger partial charge in [-0.3, -0.25) is 4.79 Å². The third-order valence-corrected chi connectivity index (χ3v) is 3.47. The van der Waals surface area contributed by atoms with Gasteiger partial charge in [-0.15, -0.1) is 11.3 Å². The van der Waals surface area contributed by atoms with Gasteiger partial charge >= 0.3 is 5.97 Å². The van der Waals surface area contributed by atoms with Crippen LogP contribution >= 0.6 is 11.3 Å². The minimum Gasteiger partial charge on any atom is -0.478 e. The molecule has 1 aromatic heterocycles. The first-order valence-corrected chi connectivity index (χ1v) is 6.38. The summed E-state index contributed by atoms with van der Waals surface area (Å²) in [6.45, 7) is 0.560. The summed E-state index contributed by atoms with van der Waals surface area (Å²) in [4.78, 5) is 22.6. The highest BCUT2D eigenvalue weighted by molar-refractivity contribution is 7.10. The summed E-state index contributed by atoms with van der Waals surface area (Å²) >= 11 is 1.45. The Balaban J connectivity index is 1.97. The molecule has 0 saturated carbocycles. The van der Waals surface area contributed by atoms with Gasteiger partial charge < -0.3 is 16.2 Å². The maximum atomic E-state index is 10.9. The van der Waals surface area contributed by atoms with Gasteiger partial charge in [0, 0.05) is 22.5 Å². The SMILES string of the molecule is NC(=O)c1csc(CNc2ccc(C(=O)O)cc2)c1. The minimum atomic E-state index is -0.948. The standard InChI is InChI=1S/C13H12N2O3S/c14-12(16)9-5-11(19-7-9)6-15-10-3-1-8(2-4-10)13(17)18/h1-5,7,15H,6H2,(H2,14,16)(H,17,18). The zero-order valence-corrected chi connectivity index (χ0v) is 10.7. The van der Waals surface area contributed by atoms with Crippen LogP contribution < -0.4 is 11.1 Å². The molecule has 0 fully saturated rings. The molecule has 0 radical (unpaired) electrons. The van der Waals surface area contributed by atoms with E-state index >= 15 is 0 Å². The van der Waals surface area contributed by atoms with Gasteiger partial charge in [-0.25, -0.2) is 4.79 Å². The van der Waals surface area contributed by atoms with E-state index in [2.05, 4.69) is 5.32 Å². The van der Waals surface area contributed by atoms with E-state index in [0.29, 0.717) is 12.1 Å². The monoisotopic (exact) mass is 276 g/mol. The van der Waals surface area contributed by atoms with Crippen molar-refractivity contribution in [3.63, 3.8) is 0 Å². The number of carboxylic acids is 1. The van der Waals surface area contributed by atoms with Crippen molar-refractivity contribution >= 4 is 28.9 Å². The first-order chi connectivity index (χ1) is 9.06. The van der Waals surface area contributed by atoms with Crippen LogP contribution in [0.4, 0.5) is 5.69 Å². The van der Waals surface area contributed by atoms with Crippen molar-refractivity contribution in [2.24, 2.45) is 5.73 Å². The van der Waals surface area contributed by atoms with Crippen molar-refractivity contribution in [2.45, 2.75) is 6.54 Å². The highest BCUT2D eigenvalue weighted by atomic mass is 32.1. The zero-order chi connectivity index (χ0) is 13.8. The van der Waals surface area contributed by atoms with Crippen LogP contribution in [0.5, 0.6) is 0 Å². The molecular formula is C13H12N2O3S. The Hall–Kier alpha value is -2.34. The van der Waals surface area contributed by atoms with Crippen molar-refractivity contribution in [1.82, 2.24) is 0 Å². The van der Waals surface area contributed by atoms with Gasteiger partial charge in [0.25, 0.3) is 0 Å². The normalized spacial score (nSPS) is 10.1. The molecule has 0 aliphatic rings. The Morgan fingerprint density at radius 3 is 2.42 bits per heavy atom. The third-order valence-electron chi connectivity index (χ3n) is 2.54. The topological polar surface area (TPSA) is 92.4 Å². The molecule has 5 nitrogen and oxygen atoms in total. The van der Waals surface area contributed by atoms with E-state index in [9.17, 15) is 9.59 Å². The number of aromatic carboxylic acids is 1. The molecule has 0 aliphatic heterocycles. The lowest BCUT2D eigenvalue weighted by atomic mass is 10.2. The molecule has 4 N–H and O–H groups in total. The second-order valence-electron chi connectivity index (χ2n) is 3.90. The van der Waals surface area contributed by atoms with Crippen LogP contribution in [0.15, 0.2) is 35.7 Å². The molecule has 6 heteroatoms. The third kappa shape index (κ3) is 3.32. The van der Waals surface area contributed by atoms with Gasteiger partial charge in [0.15, 0.2) is 0 Å². The Morgan fingerprint density at radius 2 is 1.89 bits per heavy atom. The number of benzene rings is 1. The zero-order valence-electron chi connectivity index (χ0n) is 9.92. The Bertz CT molecular complexity index is 605. The number of thiophene rings is 1. The average Bonchev–Trinajstić information content (AvgIpc) is 2.86. The van der Waals surface area contributed by atoms with Crippen LogP contribution in [0.25, 0.3) is 0 Å². The van der Waals surface area contributed by atoms with E-state index < -0.39 is 11.9 Å². The molecule has 0 unspecified atom stereocenters. The molecule has 2 rings (SSSR count). The lowest BCUT2D eigenvalue weighted by molar-refractivity contribution is 0.0696. The number of nitrogens with one attached hydrogen (secondary N) is 1. The fourth-order valence-corrected chi connectivity index (χ4v) is 2.34. The molecule has 0 spiro atoms. The van der Waals surface area contributed by atoms with Gasteiger partial charge in [0.1, 0.15) is 0 Å². The van der Waals surface area contributed by atoms with Crippen molar-refractivity contribution in [2.75, 3.05) is 5.32 Å². The van der Waals surface area contributed by atoms with E-state index in [-0.39, 0.29) is 5.56 Å². The number of carboxylic acid groups (broad SMARTS) is 1. The molecular weight excluding hydrogens is 264 g/mol. The molecule has 2 aromatic rings. The van der Waals surface area contributed by atoms with Gasteiger partial charge in [-0.1, -0.05) is 0 Å². The van der Waals surface area contributed by atoms with Crippen molar-refractivity contribution in [3.05, 3.63) is 51.7 Å². The van der Waals surface area contributed by atoms with Crippen molar-refractivity contribution in [1.29, 1.82) is 0 Å². The molecule has 1 amide bonds. The van der Waals surface area contributed by atoms with Gasteiger partial charge in [-0.2, -0.15) is 0 Å². The van der Waals surface area contributed by atoms with E-state index in [4.69, 9.17) is 10.8 Å². The summed E-state index contributed by atoms with van der Waals surface area (Å²) in [5, 5.41) is 13.6. The first-order valence-electron chi connectivity index (χ1n) is 5.50. The summed E-state index contributed by atoms with van der Waals surface area (Å²) in [6.07, 6.45) is 0. The maximum Gasteiger partial charge on any atom is 0.335 e. The molecule has 0 bridgehead atoms. The Labute approximate surface area is 113 Å². The van der Waals surface area contributed by atoms with Gasteiger partial charge in [-0.05, 0) is 30.3 Å². The Kier molecular flexibility index (Phi) is 3.82. The average molecular weight is 276 g/mol. The molecule has 19 heavy (non-hydrogen) atoms. The number of primary amides is 1. The van der Waals surface area contributed by atoms with Crippen LogP contribution in [-0.2, 0) is 6.54 Å². The fourth-order valence-electron chi connectivity index (χ4n) is 1.52. The number of nitrogens with two attached hydrogens (primary N) is 1. The van der Waals surface area contributed by atoms with E-state index in [1.54, 1.807) is 23.6 Å². The summed E-state index contributed by atoms with van der Waals surface area (Å²) in [6, 6.07) is 8.21. The number of carbonyl (C=O) groups is 2. The summed E-state index contributed by atoms with van der Waals surface area (Å²) in [5.74, 6) is -1.38. The molecule has 98 valence electrons. The summed E-state index contributed by atoms with van der Waals surface area (Å²) in [5.41, 5.74) is 6.74. The van der Waals surface area contributed by atoms with E-state index in [1.807, 2.05) is 0 Å². The van der Waals surface area contributed by atoms with Crippen molar-refractivity contribution in [3.8, 4) is 0 Å². The predicted molar refractivity (Wildman–Crippen MR) is 73.6 cm³/mol. The number of anilines is 1. The number of hydrogen-bond donors (Lipinski definition) is 3. The van der Waals surface area contributed by atoms with Crippen molar-refractivity contribution < 1.29 is 14.7 Å². The smallest absolute Gasteiger partial charge is 0.335 e. The largest absolute Gasteiger partial charge is 0.478 e. The van der Waals surface area contributed by atoms with E-state index in [1.165, 1.54) is 23.5 Å². The van der Waals surface area contributed by atoms with Crippen LogP contribution in [0, 0.1) is 0 Å². The number of carbonyl (C=O) groups excluding carboxylic acids is 1. The summed E-state index contributed by atoms with van der Waals surface area (Å²) < 4.78 is 0. The predicted octanol–water partition coefficient (Wildman–Crippen LogP) is 2.16. The van der Waals surface area contributed by atoms with E-state index in [0.717, 1.165) is 10.6 Å². The quantitative estimate of drug-likeness (QED) is 0.780. The molecule has 0 saturated heterocycles. The summed E-state index contributed by atoms with van der Waals surface area (Å²) in [7, 11) is 0. The first kappa shape index (κ1) is 13.1. The second kappa shape index (κ2) is 5.53. The van der Waals surface area contributed by atoms with Crippen LogP contribution in [0.3, 0.4) is 0 Å². The molecule has 0 atom stereocenters. The number of hydrogen-bond acceptors (Lipinski definition) is 4. The molecule has 1 heterocycles. The van der Waals surface area contributed by atoms with Crippen LogP contribution in [-0.4, -0.2) is 17.0 Å². The lowest BCUT2D eigenvalue weighted by Gasteiger charge is -2.04. The van der Waals surface area contributed by atoms with Crippen LogP contribution in [0.1, 0.15) is 25.6 Å². The minimum absolute atomic E-state index is 0.248. The second-order valence-corrected chi connectivity index (χ2v) is 4.90. The van der Waals surface area contributed by atoms with Gasteiger partial charge in [0.2, 0.25) is 5.91 Å². The molecule has 0 aliphatic carbocycles. The Morgan fingerprint density at radius 1 is 1.21 bits per heavy atom. The van der Waals surface area contributed by atoms with Gasteiger partial charge in [0.05, 0.1) is 11.1 Å². The highest BCUT2D eigenvalue weighted by Gasteiger charge is 2.05. The van der Waals surface area contributed by atoms with Crippen LogP contribution in [0.2, 0.25) is 0 Å². The molecule has 1 aromatic carbocycles.